The summed E-state index contributed by atoms with van der Waals surface area (Å²) < 4.78 is 2.68. The van der Waals surface area contributed by atoms with Crippen molar-refractivity contribution in [1.29, 1.82) is 0 Å². The van der Waals surface area contributed by atoms with Crippen molar-refractivity contribution in [3.63, 3.8) is 0 Å². The molecule has 0 amide bonds. The van der Waals surface area contributed by atoms with Crippen LogP contribution in [0.25, 0.3) is 69.9 Å². The Labute approximate surface area is 255 Å². The lowest BCUT2D eigenvalue weighted by Gasteiger charge is -2.10. The van der Waals surface area contributed by atoms with Crippen LogP contribution in [0.4, 0.5) is 0 Å². The molecule has 8 rings (SSSR count). The van der Waals surface area contributed by atoms with Crippen molar-refractivity contribution in [1.82, 2.24) is 0 Å². The van der Waals surface area contributed by atoms with Crippen LogP contribution < -0.4 is 0 Å². The first kappa shape index (κ1) is 25.5. The topological polar surface area (TPSA) is 0 Å². The molecule has 43 heavy (non-hydrogen) atoms. The van der Waals surface area contributed by atoms with Crippen LogP contribution in [-0.4, -0.2) is 0 Å². The number of fused-ring (bicyclic) bond motifs is 4. The summed E-state index contributed by atoms with van der Waals surface area (Å²) in [5.41, 5.74) is 10.6. The molecule has 0 atom stereocenters. The van der Waals surface area contributed by atoms with Crippen LogP contribution in [0.15, 0.2) is 164 Å². The lowest BCUT2D eigenvalue weighted by atomic mass is 9.94. The third-order valence-electron chi connectivity index (χ3n) is 8.48. The molecule has 1 heterocycles. The second-order valence-corrected chi connectivity index (χ2v) is 12.2. The highest BCUT2D eigenvalue weighted by Gasteiger charge is 2.09. The average Bonchev–Trinajstić information content (AvgIpc) is 3.46. The maximum absolute atomic E-state index is 4.42. The Balaban J connectivity index is 0.999. The number of hydrogen-bond donors (Lipinski definition) is 0. The molecule has 0 bridgehead atoms. The van der Waals surface area contributed by atoms with E-state index < -0.39 is 0 Å². The molecule has 0 nitrogen and oxygen atoms in total. The number of rotatable bonds is 5. The van der Waals surface area contributed by atoms with Gasteiger partial charge in [-0.2, -0.15) is 0 Å². The van der Waals surface area contributed by atoms with Crippen LogP contribution in [0.2, 0.25) is 0 Å². The van der Waals surface area contributed by atoms with Crippen molar-refractivity contribution in [2.75, 3.05) is 0 Å². The molecule has 0 aliphatic rings. The normalized spacial score (nSPS) is 11.3. The quantitative estimate of drug-likeness (QED) is 0.195. The summed E-state index contributed by atoms with van der Waals surface area (Å²) in [4.78, 5) is 0. The second kappa shape index (κ2) is 10.5. The van der Waals surface area contributed by atoms with Gasteiger partial charge in [-0.05, 0) is 85.1 Å². The summed E-state index contributed by atoms with van der Waals surface area (Å²) >= 11 is 1.86. The van der Waals surface area contributed by atoms with Crippen molar-refractivity contribution in [3.8, 4) is 33.4 Å². The monoisotopic (exact) mass is 564 g/mol. The summed E-state index contributed by atoms with van der Waals surface area (Å²) in [6.07, 6.45) is 0. The molecule has 202 valence electrons. The SMILES string of the molecule is C=C(c1ccc(-c2ccc(-c3ccc4sc5ccccc5c4c3)cc2)cc1)c1ccc(-c2ccc3ccccc3c2)cc1. The highest BCUT2D eigenvalue weighted by molar-refractivity contribution is 7.25. The second-order valence-electron chi connectivity index (χ2n) is 11.1. The largest absolute Gasteiger partial charge is 0.135 e. The third-order valence-corrected chi connectivity index (χ3v) is 9.63. The highest BCUT2D eigenvalue weighted by Crippen LogP contribution is 2.37. The standard InChI is InChI=1S/C42H28S/c1-28(30-12-16-34(17-13-30)37-23-22-31-6-2-3-7-36(31)26-37)29-10-14-32(15-11-29)33-18-20-35(21-19-33)38-24-25-42-40(27-38)39-8-4-5-9-41(39)43-42/h2-27H,1H2. The summed E-state index contributed by atoms with van der Waals surface area (Å²) in [5.74, 6) is 0. The molecule has 0 fully saturated rings. The van der Waals surface area contributed by atoms with Gasteiger partial charge < -0.3 is 0 Å². The van der Waals surface area contributed by atoms with Gasteiger partial charge in [0.05, 0.1) is 0 Å². The Morgan fingerprint density at radius 2 is 0.837 bits per heavy atom. The molecule has 0 unspecified atom stereocenters. The summed E-state index contributed by atoms with van der Waals surface area (Å²) in [7, 11) is 0. The van der Waals surface area contributed by atoms with E-state index in [9.17, 15) is 0 Å². The third kappa shape index (κ3) is 4.74. The van der Waals surface area contributed by atoms with Crippen LogP contribution >= 0.6 is 11.3 Å². The van der Waals surface area contributed by atoms with E-state index in [1.54, 1.807) is 0 Å². The number of hydrogen-bond acceptors (Lipinski definition) is 1. The zero-order chi connectivity index (χ0) is 28.8. The van der Waals surface area contributed by atoms with Crippen molar-refractivity contribution in [2.45, 2.75) is 0 Å². The zero-order valence-electron chi connectivity index (χ0n) is 23.6. The first-order valence-electron chi connectivity index (χ1n) is 14.6. The van der Waals surface area contributed by atoms with Crippen molar-refractivity contribution in [2.24, 2.45) is 0 Å². The maximum Gasteiger partial charge on any atom is 0.0355 e. The summed E-state index contributed by atoms with van der Waals surface area (Å²) in [6.45, 7) is 4.42. The first-order chi connectivity index (χ1) is 21.2. The molecule has 0 saturated heterocycles. The molecular formula is C42H28S. The molecule has 0 saturated carbocycles. The maximum atomic E-state index is 4.42. The smallest absolute Gasteiger partial charge is 0.0355 e. The fourth-order valence-corrected chi connectivity index (χ4v) is 7.11. The van der Waals surface area contributed by atoms with Gasteiger partial charge in [0.25, 0.3) is 0 Å². The van der Waals surface area contributed by atoms with Gasteiger partial charge in [-0.15, -0.1) is 11.3 Å². The molecule has 7 aromatic carbocycles. The Bertz CT molecular complexity index is 2270. The van der Waals surface area contributed by atoms with Gasteiger partial charge in [0.2, 0.25) is 0 Å². The fourth-order valence-electron chi connectivity index (χ4n) is 6.02. The molecular weight excluding hydrogens is 537 g/mol. The Morgan fingerprint density at radius 1 is 0.372 bits per heavy atom. The Kier molecular flexibility index (Phi) is 6.25. The lowest BCUT2D eigenvalue weighted by Crippen LogP contribution is -1.88. The van der Waals surface area contributed by atoms with E-state index in [0.29, 0.717) is 0 Å². The van der Waals surface area contributed by atoms with E-state index in [0.717, 1.165) is 16.7 Å². The van der Waals surface area contributed by atoms with Gasteiger partial charge >= 0.3 is 0 Å². The molecule has 0 aliphatic heterocycles. The predicted octanol–water partition coefficient (Wildman–Crippen LogP) is 12.3. The van der Waals surface area contributed by atoms with Crippen molar-refractivity contribution >= 4 is 47.9 Å². The van der Waals surface area contributed by atoms with Gasteiger partial charge in [-0.3, -0.25) is 0 Å². The Hall–Kier alpha value is -5.24. The minimum Gasteiger partial charge on any atom is -0.135 e. The van der Waals surface area contributed by atoms with Crippen molar-refractivity contribution in [3.05, 3.63) is 175 Å². The molecule has 8 aromatic rings. The van der Waals surface area contributed by atoms with Gasteiger partial charge in [-0.25, -0.2) is 0 Å². The summed E-state index contributed by atoms with van der Waals surface area (Å²) in [5, 5.41) is 5.20. The predicted molar refractivity (Wildman–Crippen MR) is 188 cm³/mol. The van der Waals surface area contributed by atoms with E-state index in [4.69, 9.17) is 0 Å². The van der Waals surface area contributed by atoms with Crippen molar-refractivity contribution < 1.29 is 0 Å². The van der Waals surface area contributed by atoms with E-state index in [1.807, 2.05) is 11.3 Å². The van der Waals surface area contributed by atoms with Crippen LogP contribution in [0.5, 0.6) is 0 Å². The van der Waals surface area contributed by atoms with E-state index in [2.05, 4.69) is 164 Å². The van der Waals surface area contributed by atoms with Gasteiger partial charge in [0.1, 0.15) is 0 Å². The molecule has 1 aromatic heterocycles. The average molecular weight is 565 g/mol. The summed E-state index contributed by atoms with van der Waals surface area (Å²) in [6, 6.07) is 57.0. The van der Waals surface area contributed by atoms with Crippen LogP contribution in [-0.2, 0) is 0 Å². The fraction of sp³-hybridized carbons (Fsp3) is 0. The van der Waals surface area contributed by atoms with E-state index in [-0.39, 0.29) is 0 Å². The minimum absolute atomic E-state index is 1.03. The first-order valence-corrected chi connectivity index (χ1v) is 15.4. The Morgan fingerprint density at radius 3 is 1.51 bits per heavy atom. The van der Waals surface area contributed by atoms with Gasteiger partial charge in [0, 0.05) is 20.2 Å². The van der Waals surface area contributed by atoms with Gasteiger partial charge in [-0.1, -0.05) is 140 Å². The van der Waals surface area contributed by atoms with E-state index in [1.165, 1.54) is 64.3 Å². The minimum atomic E-state index is 1.03. The van der Waals surface area contributed by atoms with Gasteiger partial charge in [0.15, 0.2) is 0 Å². The van der Waals surface area contributed by atoms with E-state index >= 15 is 0 Å². The number of benzene rings is 7. The number of thiophene rings is 1. The van der Waals surface area contributed by atoms with Crippen LogP contribution in [0.3, 0.4) is 0 Å². The highest BCUT2D eigenvalue weighted by atomic mass is 32.1. The van der Waals surface area contributed by atoms with Crippen LogP contribution in [0.1, 0.15) is 11.1 Å². The molecule has 0 spiro atoms. The molecule has 0 radical (unpaired) electrons. The molecule has 0 aliphatic carbocycles. The molecule has 1 heteroatoms. The zero-order valence-corrected chi connectivity index (χ0v) is 24.4. The van der Waals surface area contributed by atoms with Crippen LogP contribution in [0, 0.1) is 0 Å². The lowest BCUT2D eigenvalue weighted by molar-refractivity contribution is 1.54. The molecule has 0 N–H and O–H groups in total.